The predicted molar refractivity (Wildman–Crippen MR) is 92.1 cm³/mol. The highest BCUT2D eigenvalue weighted by Gasteiger charge is 2.35. The molecule has 2 heterocycles. The molecule has 0 bridgehead atoms. The average Bonchev–Trinajstić information content (AvgIpc) is 2.60. The van der Waals surface area contributed by atoms with E-state index in [0.717, 1.165) is 0 Å². The third-order valence-electron chi connectivity index (χ3n) is 4.58. The third kappa shape index (κ3) is 2.25. The third-order valence-corrected chi connectivity index (χ3v) is 4.58. The number of nitrogens with zero attached hydrogens (tertiary/aromatic N) is 1. The lowest BCUT2D eigenvalue weighted by Crippen LogP contribution is -2.39. The van der Waals surface area contributed by atoms with Crippen molar-refractivity contribution in [2.45, 2.75) is 19.0 Å². The predicted octanol–water partition coefficient (Wildman–Crippen LogP) is 3.88. The van der Waals surface area contributed by atoms with Crippen molar-refractivity contribution in [3.63, 3.8) is 0 Å². The number of benzene rings is 2. The Labute approximate surface area is 135 Å². The molecule has 2 aromatic carbocycles. The first kappa shape index (κ1) is 13.8. The fourth-order valence-corrected chi connectivity index (χ4v) is 3.51. The Morgan fingerprint density at radius 2 is 1.61 bits per heavy atom. The molecule has 3 nitrogen and oxygen atoms in total. The Bertz CT molecular complexity index is 822. The van der Waals surface area contributed by atoms with Crippen LogP contribution in [0.3, 0.4) is 0 Å². The van der Waals surface area contributed by atoms with Gasteiger partial charge in [0.1, 0.15) is 0 Å². The van der Waals surface area contributed by atoms with Gasteiger partial charge in [0.25, 0.3) is 0 Å². The molecule has 23 heavy (non-hydrogen) atoms. The zero-order chi connectivity index (χ0) is 15.8. The van der Waals surface area contributed by atoms with Crippen molar-refractivity contribution in [3.8, 4) is 0 Å². The standard InChI is InChI=1S/C20H18N2O/c1-14(23)22-13-11-16-7-3-5-9-18(16)20(22)19-17-8-4-2-6-15(17)10-12-21-19/h2-13,19-21H,1H3/t19-,20-/m1/s1. The maximum Gasteiger partial charge on any atom is 0.224 e. The highest BCUT2D eigenvalue weighted by molar-refractivity contribution is 5.78. The molecule has 4 rings (SSSR count). The van der Waals surface area contributed by atoms with E-state index in [4.69, 9.17) is 0 Å². The van der Waals surface area contributed by atoms with Crippen LogP contribution in [-0.2, 0) is 4.79 Å². The molecule has 2 aromatic rings. The Morgan fingerprint density at radius 1 is 0.957 bits per heavy atom. The van der Waals surface area contributed by atoms with Crippen molar-refractivity contribution in [3.05, 3.63) is 83.2 Å². The van der Waals surface area contributed by atoms with Crippen molar-refractivity contribution in [1.82, 2.24) is 10.2 Å². The van der Waals surface area contributed by atoms with Gasteiger partial charge in [-0.05, 0) is 40.6 Å². The van der Waals surface area contributed by atoms with Crippen LogP contribution in [0.1, 0.15) is 41.3 Å². The van der Waals surface area contributed by atoms with E-state index < -0.39 is 0 Å². The normalized spacial score (nSPS) is 21.3. The van der Waals surface area contributed by atoms with E-state index >= 15 is 0 Å². The van der Waals surface area contributed by atoms with Crippen LogP contribution in [0.25, 0.3) is 12.2 Å². The largest absolute Gasteiger partial charge is 0.382 e. The van der Waals surface area contributed by atoms with Gasteiger partial charge in [0.15, 0.2) is 0 Å². The summed E-state index contributed by atoms with van der Waals surface area (Å²) in [7, 11) is 0. The fraction of sp³-hybridized carbons (Fsp3) is 0.150. The zero-order valence-electron chi connectivity index (χ0n) is 12.9. The number of fused-ring (bicyclic) bond motifs is 2. The second kappa shape index (κ2) is 5.43. The first-order valence-electron chi connectivity index (χ1n) is 7.83. The molecule has 3 heteroatoms. The monoisotopic (exact) mass is 302 g/mol. The maximum absolute atomic E-state index is 12.2. The summed E-state index contributed by atoms with van der Waals surface area (Å²) in [5.41, 5.74) is 4.76. The van der Waals surface area contributed by atoms with E-state index in [0.29, 0.717) is 0 Å². The molecule has 1 N–H and O–H groups in total. The van der Waals surface area contributed by atoms with Gasteiger partial charge in [-0.15, -0.1) is 0 Å². The van der Waals surface area contributed by atoms with Gasteiger partial charge in [0, 0.05) is 13.1 Å². The Hall–Kier alpha value is -2.81. The first-order valence-corrected chi connectivity index (χ1v) is 7.83. The molecule has 0 aromatic heterocycles. The molecule has 2 atom stereocenters. The topological polar surface area (TPSA) is 32.3 Å². The summed E-state index contributed by atoms with van der Waals surface area (Å²) in [5, 5.41) is 3.46. The fourth-order valence-electron chi connectivity index (χ4n) is 3.51. The summed E-state index contributed by atoms with van der Waals surface area (Å²) < 4.78 is 0. The lowest BCUT2D eigenvalue weighted by molar-refractivity contribution is -0.128. The number of amides is 1. The average molecular weight is 302 g/mol. The van der Waals surface area contributed by atoms with E-state index in [-0.39, 0.29) is 18.0 Å². The van der Waals surface area contributed by atoms with E-state index in [1.165, 1.54) is 22.3 Å². The molecule has 2 aliphatic rings. The summed E-state index contributed by atoms with van der Waals surface area (Å²) in [5.74, 6) is 0.0505. The van der Waals surface area contributed by atoms with Crippen LogP contribution in [0.4, 0.5) is 0 Å². The molecule has 114 valence electrons. The molecular formula is C20H18N2O. The highest BCUT2D eigenvalue weighted by atomic mass is 16.2. The van der Waals surface area contributed by atoms with Crippen molar-refractivity contribution in [2.24, 2.45) is 0 Å². The summed E-state index contributed by atoms with van der Waals surface area (Å²) in [6, 6.07) is 16.6. The van der Waals surface area contributed by atoms with Crippen LogP contribution in [0.5, 0.6) is 0 Å². The van der Waals surface area contributed by atoms with Gasteiger partial charge >= 0.3 is 0 Å². The van der Waals surface area contributed by atoms with Gasteiger partial charge in [-0.3, -0.25) is 4.79 Å². The lowest BCUT2D eigenvalue weighted by atomic mass is 9.84. The number of nitrogens with one attached hydrogen (secondary N) is 1. The second-order valence-electron chi connectivity index (χ2n) is 5.92. The number of carbonyl (C=O) groups is 1. The van der Waals surface area contributed by atoms with Gasteiger partial charge in [-0.25, -0.2) is 0 Å². The van der Waals surface area contributed by atoms with Crippen LogP contribution in [-0.4, -0.2) is 10.8 Å². The quantitative estimate of drug-likeness (QED) is 0.867. The van der Waals surface area contributed by atoms with Crippen molar-refractivity contribution >= 4 is 18.1 Å². The van der Waals surface area contributed by atoms with E-state index in [1.807, 2.05) is 41.6 Å². The SMILES string of the molecule is CC(=O)N1C=Cc2ccccc2[C@@H]1[C@@H]1NC=Cc2ccccc21. The molecule has 0 saturated heterocycles. The minimum Gasteiger partial charge on any atom is -0.382 e. The number of rotatable bonds is 1. The molecule has 0 spiro atoms. The smallest absolute Gasteiger partial charge is 0.224 e. The maximum atomic E-state index is 12.2. The Balaban J connectivity index is 1.87. The molecule has 0 aliphatic carbocycles. The Morgan fingerprint density at radius 3 is 2.35 bits per heavy atom. The summed E-state index contributed by atoms with van der Waals surface area (Å²) in [4.78, 5) is 14.0. The molecule has 0 saturated carbocycles. The molecule has 0 unspecified atom stereocenters. The summed E-state index contributed by atoms with van der Waals surface area (Å²) in [6.07, 6.45) is 7.97. The van der Waals surface area contributed by atoms with Gasteiger partial charge in [0.05, 0.1) is 12.1 Å². The lowest BCUT2D eigenvalue weighted by Gasteiger charge is -2.40. The van der Waals surface area contributed by atoms with Gasteiger partial charge in [0.2, 0.25) is 5.91 Å². The van der Waals surface area contributed by atoms with E-state index in [1.54, 1.807) is 6.92 Å². The molecule has 2 aliphatic heterocycles. The van der Waals surface area contributed by atoms with E-state index in [9.17, 15) is 4.79 Å². The number of hydrogen-bond donors (Lipinski definition) is 1. The van der Waals surface area contributed by atoms with E-state index in [2.05, 4.69) is 41.7 Å². The Kier molecular flexibility index (Phi) is 3.27. The summed E-state index contributed by atoms with van der Waals surface area (Å²) >= 11 is 0. The molecule has 0 radical (unpaired) electrons. The van der Waals surface area contributed by atoms with Gasteiger partial charge in [-0.2, -0.15) is 0 Å². The van der Waals surface area contributed by atoms with Crippen LogP contribution in [0.15, 0.2) is 60.9 Å². The first-order chi connectivity index (χ1) is 11.3. The number of hydrogen-bond acceptors (Lipinski definition) is 2. The van der Waals surface area contributed by atoms with Gasteiger partial charge < -0.3 is 10.2 Å². The molecule has 1 amide bonds. The minimum absolute atomic E-state index is 0.0335. The highest BCUT2D eigenvalue weighted by Crippen LogP contribution is 2.41. The molecular weight excluding hydrogens is 284 g/mol. The minimum atomic E-state index is -0.0557. The van der Waals surface area contributed by atoms with Crippen molar-refractivity contribution in [1.29, 1.82) is 0 Å². The van der Waals surface area contributed by atoms with Crippen molar-refractivity contribution in [2.75, 3.05) is 0 Å². The van der Waals surface area contributed by atoms with Crippen LogP contribution >= 0.6 is 0 Å². The second-order valence-corrected chi connectivity index (χ2v) is 5.92. The zero-order valence-corrected chi connectivity index (χ0v) is 12.9. The van der Waals surface area contributed by atoms with Gasteiger partial charge in [-0.1, -0.05) is 48.5 Å². The molecule has 0 fully saturated rings. The number of carbonyl (C=O) groups excluding carboxylic acids is 1. The van der Waals surface area contributed by atoms with Crippen molar-refractivity contribution < 1.29 is 4.79 Å². The summed E-state index contributed by atoms with van der Waals surface area (Å²) in [6.45, 7) is 1.62. The van der Waals surface area contributed by atoms with Crippen LogP contribution < -0.4 is 5.32 Å². The van der Waals surface area contributed by atoms with Crippen LogP contribution in [0.2, 0.25) is 0 Å². The van der Waals surface area contributed by atoms with Crippen LogP contribution in [0, 0.1) is 0 Å².